The van der Waals surface area contributed by atoms with Gasteiger partial charge < -0.3 is 14.8 Å². The molecule has 0 aliphatic carbocycles. The molecule has 1 unspecified atom stereocenters. The molecular formula is C15H23NO2. The zero-order chi connectivity index (χ0) is 12.8. The zero-order valence-corrected chi connectivity index (χ0v) is 11.4. The van der Waals surface area contributed by atoms with E-state index in [0.717, 1.165) is 44.8 Å². The summed E-state index contributed by atoms with van der Waals surface area (Å²) < 4.78 is 10.9. The van der Waals surface area contributed by atoms with Gasteiger partial charge >= 0.3 is 0 Å². The van der Waals surface area contributed by atoms with Gasteiger partial charge in [-0.05, 0) is 24.9 Å². The van der Waals surface area contributed by atoms with Crippen LogP contribution in [0.5, 0.6) is 5.75 Å². The Bertz CT molecular complexity index is 379. The molecule has 1 atom stereocenters. The van der Waals surface area contributed by atoms with Crippen molar-refractivity contribution in [3.8, 4) is 5.75 Å². The molecule has 1 N–H and O–H groups in total. The van der Waals surface area contributed by atoms with E-state index in [-0.39, 0.29) is 0 Å². The molecule has 0 spiro atoms. The molecule has 3 heteroatoms. The number of benzene rings is 1. The Hall–Kier alpha value is -1.06. The average molecular weight is 249 g/mol. The van der Waals surface area contributed by atoms with E-state index in [1.165, 1.54) is 11.1 Å². The summed E-state index contributed by atoms with van der Waals surface area (Å²) in [6, 6.07) is 6.87. The summed E-state index contributed by atoms with van der Waals surface area (Å²) in [7, 11) is 1.76. The van der Waals surface area contributed by atoms with Crippen molar-refractivity contribution < 1.29 is 9.47 Å². The molecule has 0 radical (unpaired) electrons. The Labute approximate surface area is 109 Å². The van der Waals surface area contributed by atoms with Gasteiger partial charge in [-0.15, -0.1) is 0 Å². The van der Waals surface area contributed by atoms with E-state index in [9.17, 15) is 0 Å². The van der Waals surface area contributed by atoms with Crippen molar-refractivity contribution in [1.29, 1.82) is 0 Å². The van der Waals surface area contributed by atoms with Crippen LogP contribution in [-0.2, 0) is 11.2 Å². The Morgan fingerprint density at radius 2 is 2.33 bits per heavy atom. The second-order valence-electron chi connectivity index (χ2n) is 4.68. The number of fused-ring (bicyclic) bond motifs is 1. The van der Waals surface area contributed by atoms with Crippen molar-refractivity contribution >= 4 is 0 Å². The number of methoxy groups -OCH3 is 1. The number of nitrogens with one attached hydrogen (secondary N) is 1. The predicted octanol–water partition coefficient (Wildman–Crippen LogP) is 2.70. The molecule has 1 aliphatic heterocycles. The van der Waals surface area contributed by atoms with Gasteiger partial charge in [-0.25, -0.2) is 0 Å². The van der Waals surface area contributed by atoms with Crippen molar-refractivity contribution in [1.82, 2.24) is 5.32 Å². The average Bonchev–Trinajstić information content (AvgIpc) is 2.86. The summed E-state index contributed by atoms with van der Waals surface area (Å²) in [5.41, 5.74) is 2.66. The van der Waals surface area contributed by atoms with E-state index < -0.39 is 0 Å². The van der Waals surface area contributed by atoms with Crippen LogP contribution in [0.1, 0.15) is 36.9 Å². The molecule has 1 aliphatic rings. The van der Waals surface area contributed by atoms with Crippen molar-refractivity contribution in [2.24, 2.45) is 0 Å². The smallest absolute Gasteiger partial charge is 0.127 e. The highest BCUT2D eigenvalue weighted by atomic mass is 16.5. The van der Waals surface area contributed by atoms with E-state index in [1.54, 1.807) is 7.11 Å². The van der Waals surface area contributed by atoms with Gasteiger partial charge in [0.2, 0.25) is 0 Å². The fraction of sp³-hybridized carbons (Fsp3) is 0.600. The second kappa shape index (κ2) is 6.76. The minimum absolute atomic E-state index is 0.373. The largest absolute Gasteiger partial charge is 0.493 e. The third-order valence-corrected chi connectivity index (χ3v) is 3.41. The Balaban J connectivity index is 2.12. The maximum Gasteiger partial charge on any atom is 0.127 e. The lowest BCUT2D eigenvalue weighted by Crippen LogP contribution is -2.21. The van der Waals surface area contributed by atoms with Crippen LogP contribution in [0.15, 0.2) is 18.2 Å². The van der Waals surface area contributed by atoms with Crippen LogP contribution in [0.2, 0.25) is 0 Å². The molecule has 1 aromatic carbocycles. The summed E-state index contributed by atoms with van der Waals surface area (Å²) in [4.78, 5) is 0. The predicted molar refractivity (Wildman–Crippen MR) is 73.2 cm³/mol. The van der Waals surface area contributed by atoms with Gasteiger partial charge in [0.05, 0.1) is 6.61 Å². The monoisotopic (exact) mass is 249 g/mol. The SMILES string of the molecule is CCNC(CCCOC)c1cccc2c1OCC2. The quantitative estimate of drug-likeness (QED) is 0.754. The van der Waals surface area contributed by atoms with Crippen LogP contribution in [0, 0.1) is 0 Å². The number of hydrogen-bond acceptors (Lipinski definition) is 3. The first kappa shape index (κ1) is 13.4. The van der Waals surface area contributed by atoms with E-state index in [0.29, 0.717) is 6.04 Å². The van der Waals surface area contributed by atoms with Gasteiger partial charge in [0.25, 0.3) is 0 Å². The summed E-state index contributed by atoms with van der Waals surface area (Å²) in [5, 5.41) is 3.55. The minimum Gasteiger partial charge on any atom is -0.493 e. The van der Waals surface area contributed by atoms with E-state index in [1.807, 2.05) is 0 Å². The van der Waals surface area contributed by atoms with Crippen molar-refractivity contribution in [2.45, 2.75) is 32.2 Å². The lowest BCUT2D eigenvalue weighted by atomic mass is 9.98. The maximum atomic E-state index is 5.79. The molecule has 0 aromatic heterocycles. The third kappa shape index (κ3) is 3.03. The summed E-state index contributed by atoms with van der Waals surface area (Å²) >= 11 is 0. The number of ether oxygens (including phenoxy) is 2. The van der Waals surface area contributed by atoms with Gasteiger partial charge in [0.15, 0.2) is 0 Å². The highest BCUT2D eigenvalue weighted by Crippen LogP contribution is 2.35. The lowest BCUT2D eigenvalue weighted by molar-refractivity contribution is 0.188. The van der Waals surface area contributed by atoms with Gasteiger partial charge in [-0.2, -0.15) is 0 Å². The highest BCUT2D eigenvalue weighted by molar-refractivity contribution is 5.45. The number of hydrogen-bond donors (Lipinski definition) is 1. The van der Waals surface area contributed by atoms with Crippen LogP contribution >= 0.6 is 0 Å². The van der Waals surface area contributed by atoms with Crippen LogP contribution < -0.4 is 10.1 Å². The van der Waals surface area contributed by atoms with E-state index >= 15 is 0 Å². The number of para-hydroxylation sites is 1. The molecule has 2 rings (SSSR count). The van der Waals surface area contributed by atoms with Gasteiger partial charge in [-0.1, -0.05) is 25.1 Å². The molecule has 100 valence electrons. The first-order valence-electron chi connectivity index (χ1n) is 6.83. The molecule has 0 saturated heterocycles. The van der Waals surface area contributed by atoms with Gasteiger partial charge in [0.1, 0.15) is 5.75 Å². The highest BCUT2D eigenvalue weighted by Gasteiger charge is 2.21. The summed E-state index contributed by atoms with van der Waals surface area (Å²) in [6.45, 7) is 4.76. The van der Waals surface area contributed by atoms with Crippen molar-refractivity contribution in [3.05, 3.63) is 29.3 Å². The summed E-state index contributed by atoms with van der Waals surface area (Å²) in [6.07, 6.45) is 3.19. The molecule has 0 saturated carbocycles. The molecule has 1 heterocycles. The van der Waals surface area contributed by atoms with Crippen LogP contribution in [-0.4, -0.2) is 26.9 Å². The van der Waals surface area contributed by atoms with Crippen molar-refractivity contribution in [3.63, 3.8) is 0 Å². The first-order chi connectivity index (χ1) is 8.86. The van der Waals surface area contributed by atoms with Crippen LogP contribution in [0.25, 0.3) is 0 Å². The van der Waals surface area contributed by atoms with Gasteiger partial charge in [-0.3, -0.25) is 0 Å². The first-order valence-corrected chi connectivity index (χ1v) is 6.83. The Morgan fingerprint density at radius 3 is 3.11 bits per heavy atom. The Kier molecular flexibility index (Phi) is 5.02. The fourth-order valence-electron chi connectivity index (χ4n) is 2.56. The zero-order valence-electron chi connectivity index (χ0n) is 11.4. The standard InChI is InChI=1S/C15H23NO2/c1-3-16-14(8-5-10-17-2)13-7-4-6-12-9-11-18-15(12)13/h4,6-7,14,16H,3,5,8-11H2,1-2H3. The second-order valence-corrected chi connectivity index (χ2v) is 4.68. The van der Waals surface area contributed by atoms with Crippen LogP contribution in [0.3, 0.4) is 0 Å². The minimum atomic E-state index is 0.373. The molecular weight excluding hydrogens is 226 g/mol. The molecule has 0 fully saturated rings. The molecule has 18 heavy (non-hydrogen) atoms. The van der Waals surface area contributed by atoms with Crippen LogP contribution in [0.4, 0.5) is 0 Å². The maximum absolute atomic E-state index is 5.79. The Morgan fingerprint density at radius 1 is 1.44 bits per heavy atom. The molecule has 1 aromatic rings. The number of rotatable bonds is 7. The lowest BCUT2D eigenvalue weighted by Gasteiger charge is -2.20. The van der Waals surface area contributed by atoms with Crippen molar-refractivity contribution in [2.75, 3.05) is 26.9 Å². The fourth-order valence-corrected chi connectivity index (χ4v) is 2.56. The van der Waals surface area contributed by atoms with Gasteiger partial charge in [0, 0.05) is 31.7 Å². The van der Waals surface area contributed by atoms with E-state index in [4.69, 9.17) is 9.47 Å². The topological polar surface area (TPSA) is 30.5 Å². The third-order valence-electron chi connectivity index (χ3n) is 3.41. The molecule has 3 nitrogen and oxygen atoms in total. The normalized spacial score (nSPS) is 15.2. The molecule has 0 amide bonds. The summed E-state index contributed by atoms with van der Waals surface area (Å²) in [5.74, 6) is 1.11. The van der Waals surface area contributed by atoms with E-state index in [2.05, 4.69) is 30.4 Å². The molecule has 0 bridgehead atoms.